The molecular formula is C13H24N2O2. The molecule has 2 rings (SSSR count). The molecule has 0 aromatic carbocycles. The van der Waals surface area contributed by atoms with Crippen LogP contribution in [0.2, 0.25) is 0 Å². The number of nitrogens with one attached hydrogen (secondary N) is 1. The predicted molar refractivity (Wildman–Crippen MR) is 66.8 cm³/mol. The summed E-state index contributed by atoms with van der Waals surface area (Å²) in [6.45, 7) is 6.50. The van der Waals surface area contributed by atoms with Gasteiger partial charge in [0.1, 0.15) is 0 Å². The minimum absolute atomic E-state index is 0.148. The smallest absolute Gasteiger partial charge is 0.234 e. The van der Waals surface area contributed by atoms with E-state index in [0.717, 1.165) is 38.5 Å². The summed E-state index contributed by atoms with van der Waals surface area (Å²) in [7, 11) is 0. The van der Waals surface area contributed by atoms with E-state index in [-0.39, 0.29) is 12.0 Å². The van der Waals surface area contributed by atoms with Crippen molar-refractivity contribution < 1.29 is 9.53 Å². The van der Waals surface area contributed by atoms with Crippen molar-refractivity contribution >= 4 is 5.91 Å². The summed E-state index contributed by atoms with van der Waals surface area (Å²) in [4.78, 5) is 14.0. The second kappa shape index (κ2) is 6.36. The summed E-state index contributed by atoms with van der Waals surface area (Å²) in [5.41, 5.74) is 0. The van der Waals surface area contributed by atoms with Crippen LogP contribution >= 0.6 is 0 Å². The van der Waals surface area contributed by atoms with Gasteiger partial charge in [-0.05, 0) is 44.7 Å². The molecule has 2 fully saturated rings. The highest BCUT2D eigenvalue weighted by Gasteiger charge is 2.19. The number of rotatable bonds is 4. The number of hydrogen-bond acceptors (Lipinski definition) is 3. The van der Waals surface area contributed by atoms with E-state index in [1.54, 1.807) is 0 Å². The number of carbonyl (C=O) groups is 1. The van der Waals surface area contributed by atoms with Crippen LogP contribution in [0.5, 0.6) is 0 Å². The molecule has 98 valence electrons. The van der Waals surface area contributed by atoms with Gasteiger partial charge in [-0.2, -0.15) is 0 Å². The molecule has 1 atom stereocenters. The van der Waals surface area contributed by atoms with Crippen LogP contribution in [0.3, 0.4) is 0 Å². The lowest BCUT2D eigenvalue weighted by Crippen LogP contribution is -2.42. The van der Waals surface area contributed by atoms with E-state index in [9.17, 15) is 4.79 Å². The first-order chi connectivity index (χ1) is 8.24. The molecule has 0 aromatic rings. The number of likely N-dealkylation sites (tertiary alicyclic amines) is 1. The number of nitrogens with zero attached hydrogens (tertiary/aromatic N) is 1. The Balaban J connectivity index is 1.60. The number of hydrogen-bond donors (Lipinski definition) is 1. The second-order valence-corrected chi connectivity index (χ2v) is 5.40. The fraction of sp³-hybridized carbons (Fsp3) is 0.923. The van der Waals surface area contributed by atoms with Gasteiger partial charge in [-0.1, -0.05) is 6.92 Å². The highest BCUT2D eigenvalue weighted by Crippen LogP contribution is 2.15. The van der Waals surface area contributed by atoms with Crippen molar-refractivity contribution in [2.24, 2.45) is 5.92 Å². The number of carbonyl (C=O) groups excluding carboxylic acids is 1. The molecule has 0 aliphatic carbocycles. The fourth-order valence-corrected chi connectivity index (χ4v) is 2.51. The lowest BCUT2D eigenvalue weighted by atomic mass is 9.99. The summed E-state index contributed by atoms with van der Waals surface area (Å²) < 4.78 is 5.48. The van der Waals surface area contributed by atoms with Crippen molar-refractivity contribution in [3.63, 3.8) is 0 Å². The van der Waals surface area contributed by atoms with Crippen LogP contribution in [0.4, 0.5) is 0 Å². The van der Waals surface area contributed by atoms with Gasteiger partial charge in [-0.3, -0.25) is 9.69 Å². The molecule has 1 amide bonds. The zero-order chi connectivity index (χ0) is 12.1. The zero-order valence-corrected chi connectivity index (χ0v) is 10.8. The van der Waals surface area contributed by atoms with Crippen LogP contribution in [-0.2, 0) is 9.53 Å². The van der Waals surface area contributed by atoms with Gasteiger partial charge < -0.3 is 10.1 Å². The topological polar surface area (TPSA) is 41.6 Å². The average Bonchev–Trinajstić information content (AvgIpc) is 2.83. The maximum absolute atomic E-state index is 11.7. The van der Waals surface area contributed by atoms with Crippen molar-refractivity contribution in [1.29, 1.82) is 0 Å². The van der Waals surface area contributed by atoms with E-state index >= 15 is 0 Å². The monoisotopic (exact) mass is 240 g/mol. The van der Waals surface area contributed by atoms with Crippen LogP contribution < -0.4 is 5.32 Å². The number of ether oxygens (including phenoxy) is 1. The van der Waals surface area contributed by atoms with E-state index in [4.69, 9.17) is 4.74 Å². The van der Waals surface area contributed by atoms with Crippen molar-refractivity contribution in [2.45, 2.75) is 38.7 Å². The Kier molecular flexibility index (Phi) is 4.80. The summed E-state index contributed by atoms with van der Waals surface area (Å²) in [5.74, 6) is 0.969. The summed E-state index contributed by atoms with van der Waals surface area (Å²) in [6.07, 6.45) is 4.91. The van der Waals surface area contributed by atoms with Gasteiger partial charge in [0.25, 0.3) is 0 Å². The van der Waals surface area contributed by atoms with Crippen LogP contribution in [0.1, 0.15) is 32.6 Å². The number of amides is 1. The molecule has 17 heavy (non-hydrogen) atoms. The average molecular weight is 240 g/mol. The first-order valence-corrected chi connectivity index (χ1v) is 6.84. The van der Waals surface area contributed by atoms with Crippen molar-refractivity contribution in [3.8, 4) is 0 Å². The first kappa shape index (κ1) is 12.8. The van der Waals surface area contributed by atoms with Gasteiger partial charge in [0.05, 0.1) is 12.6 Å². The third-order valence-electron chi connectivity index (χ3n) is 3.79. The van der Waals surface area contributed by atoms with E-state index in [2.05, 4.69) is 17.1 Å². The highest BCUT2D eigenvalue weighted by molar-refractivity contribution is 5.78. The van der Waals surface area contributed by atoms with Crippen molar-refractivity contribution in [2.75, 3.05) is 32.8 Å². The molecule has 0 unspecified atom stereocenters. The third kappa shape index (κ3) is 4.28. The predicted octanol–water partition coefficient (Wildman–Crippen LogP) is 1.01. The highest BCUT2D eigenvalue weighted by atomic mass is 16.5. The normalized spacial score (nSPS) is 27.2. The Labute approximate surface area is 104 Å². The molecule has 1 N–H and O–H groups in total. The maximum atomic E-state index is 11.7. The molecule has 2 saturated heterocycles. The second-order valence-electron chi connectivity index (χ2n) is 5.40. The van der Waals surface area contributed by atoms with Gasteiger partial charge in [-0.25, -0.2) is 0 Å². The molecule has 2 aliphatic rings. The SMILES string of the molecule is CC1CCN(CC(=O)NC[C@H]2CCCO2)CC1. The molecule has 2 aliphatic heterocycles. The molecule has 2 heterocycles. The van der Waals surface area contributed by atoms with Crippen LogP contribution in [0.15, 0.2) is 0 Å². The molecule has 0 bridgehead atoms. The van der Waals surface area contributed by atoms with Gasteiger partial charge >= 0.3 is 0 Å². The Morgan fingerprint density at radius 3 is 2.76 bits per heavy atom. The zero-order valence-electron chi connectivity index (χ0n) is 10.8. The third-order valence-corrected chi connectivity index (χ3v) is 3.79. The van der Waals surface area contributed by atoms with Gasteiger partial charge in [-0.15, -0.1) is 0 Å². The Hall–Kier alpha value is -0.610. The van der Waals surface area contributed by atoms with Crippen LogP contribution in [0, 0.1) is 5.92 Å². The molecule has 4 nitrogen and oxygen atoms in total. The minimum atomic E-state index is 0.148. The van der Waals surface area contributed by atoms with E-state index in [1.165, 1.54) is 12.8 Å². The van der Waals surface area contributed by atoms with Crippen LogP contribution in [-0.4, -0.2) is 49.7 Å². The van der Waals surface area contributed by atoms with E-state index < -0.39 is 0 Å². The molecule has 0 aromatic heterocycles. The molecule has 0 radical (unpaired) electrons. The number of piperidine rings is 1. The van der Waals surface area contributed by atoms with Gasteiger partial charge in [0.2, 0.25) is 5.91 Å². The lowest BCUT2D eigenvalue weighted by Gasteiger charge is -2.29. The lowest BCUT2D eigenvalue weighted by molar-refractivity contribution is -0.123. The Bertz CT molecular complexity index is 244. The Morgan fingerprint density at radius 1 is 1.35 bits per heavy atom. The standard InChI is InChI=1S/C13H24N2O2/c1-11-4-6-15(7-5-11)10-13(16)14-9-12-3-2-8-17-12/h11-12H,2-10H2,1H3,(H,14,16)/t12-/m1/s1. The van der Waals surface area contributed by atoms with Gasteiger partial charge in [0, 0.05) is 13.2 Å². The molecule has 4 heteroatoms. The molecule has 0 saturated carbocycles. The van der Waals surface area contributed by atoms with E-state index in [0.29, 0.717) is 13.1 Å². The van der Waals surface area contributed by atoms with Gasteiger partial charge in [0.15, 0.2) is 0 Å². The first-order valence-electron chi connectivity index (χ1n) is 6.84. The molecule has 0 spiro atoms. The van der Waals surface area contributed by atoms with Crippen molar-refractivity contribution in [1.82, 2.24) is 10.2 Å². The van der Waals surface area contributed by atoms with Crippen molar-refractivity contribution in [3.05, 3.63) is 0 Å². The van der Waals surface area contributed by atoms with Crippen LogP contribution in [0.25, 0.3) is 0 Å². The minimum Gasteiger partial charge on any atom is -0.376 e. The fourth-order valence-electron chi connectivity index (χ4n) is 2.51. The summed E-state index contributed by atoms with van der Waals surface area (Å²) >= 11 is 0. The molecular weight excluding hydrogens is 216 g/mol. The largest absolute Gasteiger partial charge is 0.376 e. The Morgan fingerprint density at radius 2 is 2.12 bits per heavy atom. The maximum Gasteiger partial charge on any atom is 0.234 e. The quantitative estimate of drug-likeness (QED) is 0.797. The van der Waals surface area contributed by atoms with E-state index in [1.807, 2.05) is 0 Å². The summed E-state index contributed by atoms with van der Waals surface area (Å²) in [5, 5.41) is 2.98. The summed E-state index contributed by atoms with van der Waals surface area (Å²) in [6, 6.07) is 0.